The molecule has 2 fully saturated rings. The SMILES string of the molecule is CC(C)(C)N1CCC2C(CCN2C(C)(C)C)C1. The lowest BCUT2D eigenvalue weighted by atomic mass is 9.88. The van der Waals surface area contributed by atoms with Crippen LogP contribution in [0.2, 0.25) is 0 Å². The molecule has 0 amide bonds. The largest absolute Gasteiger partial charge is 0.298 e. The van der Waals surface area contributed by atoms with Gasteiger partial charge < -0.3 is 0 Å². The van der Waals surface area contributed by atoms with E-state index in [9.17, 15) is 0 Å². The van der Waals surface area contributed by atoms with Crippen molar-refractivity contribution in [2.75, 3.05) is 19.6 Å². The summed E-state index contributed by atoms with van der Waals surface area (Å²) in [6.07, 6.45) is 2.76. The molecule has 0 aromatic heterocycles. The molecule has 100 valence electrons. The van der Waals surface area contributed by atoms with Gasteiger partial charge in [0.05, 0.1) is 0 Å². The van der Waals surface area contributed by atoms with E-state index in [4.69, 9.17) is 0 Å². The lowest BCUT2D eigenvalue weighted by molar-refractivity contribution is 0.0235. The Labute approximate surface area is 107 Å². The van der Waals surface area contributed by atoms with Gasteiger partial charge in [-0.1, -0.05) is 0 Å². The van der Waals surface area contributed by atoms with Crippen molar-refractivity contribution in [1.82, 2.24) is 9.80 Å². The first-order chi connectivity index (χ1) is 7.69. The Kier molecular flexibility index (Phi) is 3.33. The van der Waals surface area contributed by atoms with Crippen LogP contribution in [0.1, 0.15) is 54.4 Å². The van der Waals surface area contributed by atoms with Gasteiger partial charge in [-0.15, -0.1) is 0 Å². The highest BCUT2D eigenvalue weighted by Gasteiger charge is 2.43. The zero-order chi connectivity index (χ0) is 12.8. The summed E-state index contributed by atoms with van der Waals surface area (Å²) in [5, 5.41) is 0. The number of fused-ring (bicyclic) bond motifs is 1. The Hall–Kier alpha value is -0.0800. The summed E-state index contributed by atoms with van der Waals surface area (Å²) in [4.78, 5) is 5.43. The van der Waals surface area contributed by atoms with E-state index in [0.29, 0.717) is 11.1 Å². The molecule has 2 rings (SSSR count). The molecule has 0 aromatic carbocycles. The third kappa shape index (κ3) is 2.68. The van der Waals surface area contributed by atoms with E-state index >= 15 is 0 Å². The molecule has 2 unspecified atom stereocenters. The second-order valence-electron chi connectivity index (χ2n) is 7.89. The molecule has 0 saturated carbocycles. The molecule has 0 N–H and O–H groups in total. The number of piperidine rings is 1. The fourth-order valence-electron chi connectivity index (χ4n) is 3.63. The molecule has 0 radical (unpaired) electrons. The van der Waals surface area contributed by atoms with Gasteiger partial charge in [-0.2, -0.15) is 0 Å². The van der Waals surface area contributed by atoms with Crippen LogP contribution in [0.5, 0.6) is 0 Å². The van der Waals surface area contributed by atoms with Crippen LogP contribution >= 0.6 is 0 Å². The van der Waals surface area contributed by atoms with Crippen LogP contribution in [-0.2, 0) is 0 Å². The predicted octanol–water partition coefficient (Wildman–Crippen LogP) is 2.98. The summed E-state index contributed by atoms with van der Waals surface area (Å²) >= 11 is 0. The molecule has 2 heterocycles. The molecule has 2 heteroatoms. The second kappa shape index (κ2) is 4.24. The van der Waals surface area contributed by atoms with Crippen molar-refractivity contribution in [3.63, 3.8) is 0 Å². The monoisotopic (exact) mass is 238 g/mol. The molecule has 0 aliphatic carbocycles. The molecular weight excluding hydrogens is 208 g/mol. The molecular formula is C15H30N2. The van der Waals surface area contributed by atoms with Crippen LogP contribution in [-0.4, -0.2) is 46.6 Å². The molecule has 2 atom stereocenters. The van der Waals surface area contributed by atoms with E-state index < -0.39 is 0 Å². The maximum Gasteiger partial charge on any atom is 0.0154 e. The van der Waals surface area contributed by atoms with E-state index in [1.807, 2.05) is 0 Å². The normalized spacial score (nSPS) is 32.8. The van der Waals surface area contributed by atoms with Gasteiger partial charge in [0.2, 0.25) is 0 Å². The van der Waals surface area contributed by atoms with Crippen molar-refractivity contribution in [3.05, 3.63) is 0 Å². The van der Waals surface area contributed by atoms with E-state index in [1.54, 1.807) is 0 Å². The quantitative estimate of drug-likeness (QED) is 0.640. The number of nitrogens with zero attached hydrogens (tertiary/aromatic N) is 2. The van der Waals surface area contributed by atoms with Crippen molar-refractivity contribution >= 4 is 0 Å². The third-order valence-electron chi connectivity index (χ3n) is 4.65. The Morgan fingerprint density at radius 2 is 1.47 bits per heavy atom. The van der Waals surface area contributed by atoms with Gasteiger partial charge in [0.1, 0.15) is 0 Å². The summed E-state index contributed by atoms with van der Waals surface area (Å²) < 4.78 is 0. The molecule has 0 bridgehead atoms. The maximum atomic E-state index is 2.75. The smallest absolute Gasteiger partial charge is 0.0154 e. The van der Waals surface area contributed by atoms with Gasteiger partial charge in [-0.25, -0.2) is 0 Å². The van der Waals surface area contributed by atoms with E-state index in [-0.39, 0.29) is 0 Å². The van der Waals surface area contributed by atoms with Gasteiger partial charge in [0.25, 0.3) is 0 Å². The first-order valence-corrected chi connectivity index (χ1v) is 7.21. The van der Waals surface area contributed by atoms with Gasteiger partial charge in [0.15, 0.2) is 0 Å². The topological polar surface area (TPSA) is 6.48 Å². The number of likely N-dealkylation sites (tertiary alicyclic amines) is 2. The Balaban J connectivity index is 2.03. The van der Waals surface area contributed by atoms with Crippen molar-refractivity contribution in [1.29, 1.82) is 0 Å². The molecule has 2 aliphatic rings. The fourth-order valence-corrected chi connectivity index (χ4v) is 3.63. The number of hydrogen-bond acceptors (Lipinski definition) is 2. The highest BCUT2D eigenvalue weighted by molar-refractivity contribution is 4.98. The Morgan fingerprint density at radius 3 is 2.00 bits per heavy atom. The van der Waals surface area contributed by atoms with Crippen LogP contribution < -0.4 is 0 Å². The third-order valence-corrected chi connectivity index (χ3v) is 4.65. The summed E-state index contributed by atoms with van der Waals surface area (Å²) in [5.41, 5.74) is 0.698. The van der Waals surface area contributed by atoms with Gasteiger partial charge in [-0.3, -0.25) is 9.80 Å². The van der Waals surface area contributed by atoms with Crippen LogP contribution in [0.15, 0.2) is 0 Å². The summed E-state index contributed by atoms with van der Waals surface area (Å²) in [6, 6.07) is 0.841. The minimum atomic E-state index is 0.347. The lowest BCUT2D eigenvalue weighted by Gasteiger charge is -2.46. The first kappa shape index (κ1) is 13.4. The minimum absolute atomic E-state index is 0.347. The minimum Gasteiger partial charge on any atom is -0.298 e. The van der Waals surface area contributed by atoms with Gasteiger partial charge in [-0.05, 0) is 66.8 Å². The average Bonchev–Trinajstić information content (AvgIpc) is 2.57. The van der Waals surface area contributed by atoms with Crippen molar-refractivity contribution < 1.29 is 0 Å². The predicted molar refractivity (Wildman–Crippen MR) is 74.3 cm³/mol. The van der Waals surface area contributed by atoms with Crippen LogP contribution in [0.25, 0.3) is 0 Å². The summed E-state index contributed by atoms with van der Waals surface area (Å²) in [6.45, 7) is 18.0. The van der Waals surface area contributed by atoms with Crippen molar-refractivity contribution in [3.8, 4) is 0 Å². The second-order valence-corrected chi connectivity index (χ2v) is 7.89. The molecule has 2 aliphatic heterocycles. The van der Waals surface area contributed by atoms with Gasteiger partial charge >= 0.3 is 0 Å². The van der Waals surface area contributed by atoms with Crippen LogP contribution in [0.4, 0.5) is 0 Å². The van der Waals surface area contributed by atoms with E-state index in [1.165, 1.54) is 32.5 Å². The van der Waals surface area contributed by atoms with E-state index in [0.717, 1.165) is 12.0 Å². The van der Waals surface area contributed by atoms with Crippen LogP contribution in [0.3, 0.4) is 0 Å². The zero-order valence-corrected chi connectivity index (χ0v) is 12.6. The van der Waals surface area contributed by atoms with Crippen molar-refractivity contribution in [2.45, 2.75) is 71.5 Å². The summed E-state index contributed by atoms with van der Waals surface area (Å²) in [5.74, 6) is 0.905. The molecule has 0 spiro atoms. The first-order valence-electron chi connectivity index (χ1n) is 7.21. The standard InChI is InChI=1S/C15H30N2/c1-14(2,3)16-9-8-13-12(11-16)7-10-17(13)15(4,5)6/h12-13H,7-11H2,1-6H3. The average molecular weight is 238 g/mol. The number of hydrogen-bond donors (Lipinski definition) is 0. The number of rotatable bonds is 0. The highest BCUT2D eigenvalue weighted by atomic mass is 15.3. The Bertz CT molecular complexity index is 272. The van der Waals surface area contributed by atoms with E-state index in [2.05, 4.69) is 51.3 Å². The lowest BCUT2D eigenvalue weighted by Crippen LogP contribution is -2.55. The fraction of sp³-hybridized carbons (Fsp3) is 1.00. The zero-order valence-electron chi connectivity index (χ0n) is 12.6. The molecule has 0 aromatic rings. The Morgan fingerprint density at radius 1 is 0.824 bits per heavy atom. The van der Waals surface area contributed by atoms with Crippen LogP contribution in [0, 0.1) is 5.92 Å². The van der Waals surface area contributed by atoms with Gasteiger partial charge in [0, 0.05) is 30.2 Å². The molecule has 17 heavy (non-hydrogen) atoms. The molecule has 2 nitrogen and oxygen atoms in total. The maximum absolute atomic E-state index is 2.75. The summed E-state index contributed by atoms with van der Waals surface area (Å²) in [7, 11) is 0. The molecule has 2 saturated heterocycles. The van der Waals surface area contributed by atoms with Crippen molar-refractivity contribution in [2.24, 2.45) is 5.92 Å². The highest BCUT2D eigenvalue weighted by Crippen LogP contribution is 2.37.